The molecule has 1 aliphatic heterocycles. The smallest absolute Gasteiger partial charge is 0.0842 e. The van der Waals surface area contributed by atoms with Crippen LogP contribution in [-0.4, -0.2) is 13.2 Å². The molecule has 0 bridgehead atoms. The van der Waals surface area contributed by atoms with Gasteiger partial charge in [0.1, 0.15) is 0 Å². The number of hydrazine groups is 2. The van der Waals surface area contributed by atoms with E-state index in [0.717, 1.165) is 13.0 Å². The maximum atomic E-state index is 4.90. The summed E-state index contributed by atoms with van der Waals surface area (Å²) in [6.45, 7) is 1.59. The van der Waals surface area contributed by atoms with Crippen LogP contribution >= 0.6 is 0 Å². The van der Waals surface area contributed by atoms with E-state index in [4.69, 9.17) is 4.89 Å². The Hall–Kier alpha value is -0.200. The van der Waals surface area contributed by atoms with Crippen molar-refractivity contribution in [2.45, 2.75) is 51.4 Å². The van der Waals surface area contributed by atoms with Gasteiger partial charge in [-0.3, -0.25) is 0 Å². The summed E-state index contributed by atoms with van der Waals surface area (Å²) in [5, 5.41) is 0. The van der Waals surface area contributed by atoms with Crippen molar-refractivity contribution < 1.29 is 9.88 Å². The molecule has 0 radical (unpaired) electrons. The van der Waals surface area contributed by atoms with E-state index in [1.54, 1.807) is 0 Å². The lowest BCUT2D eigenvalue weighted by molar-refractivity contribution is -0.348. The average Bonchev–Trinajstić information content (AvgIpc) is 2.27. The highest BCUT2D eigenvalue weighted by molar-refractivity contribution is 4.47. The van der Waals surface area contributed by atoms with E-state index in [2.05, 4.69) is 21.5 Å². The van der Waals surface area contributed by atoms with Crippen LogP contribution in [0.1, 0.15) is 51.4 Å². The zero-order chi connectivity index (χ0) is 10.6. The van der Waals surface area contributed by atoms with E-state index < -0.39 is 0 Å². The minimum absolute atomic E-state index is 0.648. The molecule has 5 nitrogen and oxygen atoms in total. The van der Waals surface area contributed by atoms with Gasteiger partial charge in [-0.2, -0.15) is 5.53 Å². The van der Waals surface area contributed by atoms with Crippen LogP contribution in [0.5, 0.6) is 0 Å². The molecule has 0 saturated carbocycles. The highest BCUT2D eigenvalue weighted by Crippen LogP contribution is 2.08. The van der Waals surface area contributed by atoms with Crippen molar-refractivity contribution in [3.63, 3.8) is 0 Å². The Morgan fingerprint density at radius 2 is 1.40 bits per heavy atom. The number of rotatable bonds is 0. The van der Waals surface area contributed by atoms with Gasteiger partial charge in [0.15, 0.2) is 0 Å². The molecular formula is C10H23N3O2. The van der Waals surface area contributed by atoms with Crippen LogP contribution in [0.15, 0.2) is 0 Å². The lowest BCUT2D eigenvalue weighted by Gasteiger charge is -2.07. The molecule has 3 N–H and O–H groups in total. The molecule has 0 aromatic carbocycles. The molecule has 0 unspecified atom stereocenters. The highest BCUT2D eigenvalue weighted by Gasteiger charge is 1.95. The first-order valence-corrected chi connectivity index (χ1v) is 6.01. The third kappa shape index (κ3) is 8.77. The molecule has 0 atom stereocenters. The second kappa shape index (κ2) is 10.3. The SMILES string of the molecule is C1CCCCCOONNNCCCC1. The van der Waals surface area contributed by atoms with E-state index >= 15 is 0 Å². The summed E-state index contributed by atoms with van der Waals surface area (Å²) >= 11 is 0. The maximum Gasteiger partial charge on any atom is 0.0842 e. The van der Waals surface area contributed by atoms with Crippen molar-refractivity contribution in [3.05, 3.63) is 0 Å². The zero-order valence-corrected chi connectivity index (χ0v) is 9.39. The second-order valence-electron chi connectivity index (χ2n) is 3.89. The van der Waals surface area contributed by atoms with Gasteiger partial charge >= 0.3 is 0 Å². The Kier molecular flexibility index (Phi) is 8.85. The van der Waals surface area contributed by atoms with Crippen LogP contribution in [0, 0.1) is 0 Å². The summed E-state index contributed by atoms with van der Waals surface area (Å²) in [6.07, 6.45) is 10.2. The first-order chi connectivity index (χ1) is 7.50. The van der Waals surface area contributed by atoms with Crippen molar-refractivity contribution in [3.8, 4) is 0 Å². The molecule has 15 heavy (non-hydrogen) atoms. The molecule has 0 spiro atoms. The van der Waals surface area contributed by atoms with Gasteiger partial charge in [-0.15, -0.1) is 4.99 Å². The Morgan fingerprint density at radius 3 is 2.20 bits per heavy atom. The van der Waals surface area contributed by atoms with Crippen molar-refractivity contribution >= 4 is 0 Å². The number of nitrogens with one attached hydrogen (secondary N) is 3. The first kappa shape index (κ1) is 12.9. The fourth-order valence-corrected chi connectivity index (χ4v) is 1.63. The largest absolute Gasteiger partial charge is 0.242 e. The fourth-order valence-electron chi connectivity index (χ4n) is 1.63. The van der Waals surface area contributed by atoms with Gasteiger partial charge in [-0.25, -0.2) is 10.3 Å². The summed E-state index contributed by atoms with van der Waals surface area (Å²) in [5.74, 6) is 0. The molecule has 1 saturated heterocycles. The molecule has 0 aromatic rings. The van der Waals surface area contributed by atoms with Crippen LogP contribution in [0.25, 0.3) is 0 Å². The van der Waals surface area contributed by atoms with Crippen LogP contribution < -0.4 is 16.5 Å². The standard InChI is InChI=1S/C10H23N3O2/c1-2-4-6-8-10-14-15-13-12-11-9-7-5-3-1/h11-13H,1-10H2. The summed E-state index contributed by atoms with van der Waals surface area (Å²) in [5.41, 5.74) is 8.17. The first-order valence-electron chi connectivity index (χ1n) is 6.01. The van der Waals surface area contributed by atoms with Crippen LogP contribution in [0.4, 0.5) is 0 Å². The fraction of sp³-hybridized carbons (Fsp3) is 1.00. The van der Waals surface area contributed by atoms with Gasteiger partial charge in [0.05, 0.1) is 6.61 Å². The Balaban J connectivity index is 2.01. The van der Waals surface area contributed by atoms with Gasteiger partial charge in [0, 0.05) is 6.54 Å². The monoisotopic (exact) mass is 217 g/mol. The maximum absolute atomic E-state index is 4.90. The number of hydrogen-bond acceptors (Lipinski definition) is 5. The minimum atomic E-state index is 0.648. The molecule has 1 aliphatic rings. The Morgan fingerprint density at radius 1 is 0.733 bits per heavy atom. The molecule has 0 amide bonds. The predicted molar refractivity (Wildman–Crippen MR) is 58.2 cm³/mol. The van der Waals surface area contributed by atoms with E-state index in [1.807, 2.05) is 0 Å². The highest BCUT2D eigenvalue weighted by atomic mass is 17.3. The molecule has 90 valence electrons. The molecule has 5 heteroatoms. The molecule has 0 aromatic heterocycles. The zero-order valence-electron chi connectivity index (χ0n) is 9.39. The molecule has 1 rings (SSSR count). The minimum Gasteiger partial charge on any atom is -0.242 e. The summed E-state index contributed by atoms with van der Waals surface area (Å²) in [7, 11) is 0. The van der Waals surface area contributed by atoms with Crippen LogP contribution in [0.3, 0.4) is 0 Å². The third-order valence-corrected chi connectivity index (χ3v) is 2.52. The van der Waals surface area contributed by atoms with Gasteiger partial charge in [0.2, 0.25) is 0 Å². The van der Waals surface area contributed by atoms with E-state index in [1.165, 1.54) is 44.9 Å². The van der Waals surface area contributed by atoms with Crippen molar-refractivity contribution in [1.82, 2.24) is 16.5 Å². The number of hydrogen-bond donors (Lipinski definition) is 3. The van der Waals surface area contributed by atoms with Crippen molar-refractivity contribution in [1.29, 1.82) is 0 Å². The molecule has 1 heterocycles. The van der Waals surface area contributed by atoms with Gasteiger partial charge in [-0.1, -0.05) is 44.1 Å². The molecule has 1 fully saturated rings. The molecular weight excluding hydrogens is 194 g/mol. The third-order valence-electron chi connectivity index (χ3n) is 2.52. The lowest BCUT2D eigenvalue weighted by Crippen LogP contribution is -2.43. The van der Waals surface area contributed by atoms with Crippen molar-refractivity contribution in [2.75, 3.05) is 13.2 Å². The predicted octanol–water partition coefficient (Wildman–Crippen LogP) is 1.58. The normalized spacial score (nSPS) is 24.0. The van der Waals surface area contributed by atoms with Crippen LogP contribution in [0.2, 0.25) is 0 Å². The van der Waals surface area contributed by atoms with E-state index in [9.17, 15) is 0 Å². The lowest BCUT2D eigenvalue weighted by atomic mass is 10.1. The summed E-state index contributed by atoms with van der Waals surface area (Å²) < 4.78 is 0. The summed E-state index contributed by atoms with van der Waals surface area (Å²) in [6, 6.07) is 0. The van der Waals surface area contributed by atoms with Crippen molar-refractivity contribution in [2.24, 2.45) is 0 Å². The van der Waals surface area contributed by atoms with Gasteiger partial charge in [0.25, 0.3) is 0 Å². The Bertz CT molecular complexity index is 77.2. The second-order valence-corrected chi connectivity index (χ2v) is 3.89. The molecule has 0 aliphatic carbocycles. The average molecular weight is 217 g/mol. The van der Waals surface area contributed by atoms with Crippen LogP contribution in [-0.2, 0) is 9.88 Å². The topological polar surface area (TPSA) is 54.6 Å². The summed E-state index contributed by atoms with van der Waals surface area (Å²) in [4.78, 5) is 9.58. The quantitative estimate of drug-likeness (QED) is 0.538. The Labute approximate surface area is 91.7 Å². The van der Waals surface area contributed by atoms with E-state index in [-0.39, 0.29) is 0 Å². The van der Waals surface area contributed by atoms with Gasteiger partial charge in [-0.05, 0) is 12.8 Å². The van der Waals surface area contributed by atoms with E-state index in [0.29, 0.717) is 6.61 Å². The van der Waals surface area contributed by atoms with Gasteiger partial charge < -0.3 is 0 Å².